The second kappa shape index (κ2) is 4.22. The molecular formula is C15H12O. The van der Waals surface area contributed by atoms with Crippen molar-refractivity contribution in [2.24, 2.45) is 0 Å². The van der Waals surface area contributed by atoms with Gasteiger partial charge in [-0.3, -0.25) is 0 Å². The van der Waals surface area contributed by atoms with Gasteiger partial charge in [-0.25, -0.2) is 0 Å². The summed E-state index contributed by atoms with van der Waals surface area (Å²) in [5, 5.41) is 10.5. The van der Waals surface area contributed by atoms with Gasteiger partial charge in [-0.15, -0.1) is 6.42 Å². The number of rotatable bonds is 2. The molecule has 0 radical (unpaired) electrons. The van der Waals surface area contributed by atoms with Crippen LogP contribution in [0.1, 0.15) is 11.1 Å². The molecule has 0 unspecified atom stereocenters. The van der Waals surface area contributed by atoms with Crippen LogP contribution in [0.4, 0.5) is 0 Å². The third kappa shape index (κ3) is 1.71. The molecule has 0 aliphatic rings. The van der Waals surface area contributed by atoms with Crippen LogP contribution in [0.15, 0.2) is 60.7 Å². The molecule has 0 aromatic heterocycles. The number of terminal acetylenes is 1. The first-order valence-electron chi connectivity index (χ1n) is 5.08. The summed E-state index contributed by atoms with van der Waals surface area (Å²) < 4.78 is 0. The van der Waals surface area contributed by atoms with Crippen LogP contribution >= 0.6 is 0 Å². The zero-order valence-corrected chi connectivity index (χ0v) is 8.80. The van der Waals surface area contributed by atoms with E-state index in [4.69, 9.17) is 6.42 Å². The molecule has 0 fully saturated rings. The highest BCUT2D eigenvalue weighted by atomic mass is 16.3. The lowest BCUT2D eigenvalue weighted by atomic mass is 9.87. The molecule has 0 saturated carbocycles. The van der Waals surface area contributed by atoms with Crippen LogP contribution in [0.25, 0.3) is 0 Å². The lowest BCUT2D eigenvalue weighted by Crippen LogP contribution is -2.24. The Bertz CT molecular complexity index is 454. The van der Waals surface area contributed by atoms with E-state index >= 15 is 0 Å². The van der Waals surface area contributed by atoms with E-state index in [0.29, 0.717) is 11.1 Å². The minimum atomic E-state index is -1.34. The van der Waals surface area contributed by atoms with Crippen molar-refractivity contribution < 1.29 is 5.11 Å². The van der Waals surface area contributed by atoms with E-state index in [2.05, 4.69) is 5.92 Å². The molecule has 0 amide bonds. The lowest BCUT2D eigenvalue weighted by molar-refractivity contribution is 0.145. The van der Waals surface area contributed by atoms with Gasteiger partial charge in [0.25, 0.3) is 0 Å². The third-order valence-electron chi connectivity index (χ3n) is 2.59. The summed E-state index contributed by atoms with van der Waals surface area (Å²) in [7, 11) is 0. The molecule has 0 saturated heterocycles. The van der Waals surface area contributed by atoms with Gasteiger partial charge in [0.2, 0.25) is 0 Å². The fraction of sp³-hybridized carbons (Fsp3) is 0.0667. The average molecular weight is 208 g/mol. The number of aliphatic hydroxyl groups is 1. The Hall–Kier alpha value is -2.04. The van der Waals surface area contributed by atoms with Gasteiger partial charge in [0.05, 0.1) is 0 Å². The second-order valence-electron chi connectivity index (χ2n) is 3.59. The Morgan fingerprint density at radius 1 is 0.812 bits per heavy atom. The predicted octanol–water partition coefficient (Wildman–Crippen LogP) is 2.56. The van der Waals surface area contributed by atoms with Gasteiger partial charge in [-0.05, 0) is 0 Å². The molecule has 0 bridgehead atoms. The smallest absolute Gasteiger partial charge is 0.176 e. The quantitative estimate of drug-likeness (QED) is 0.752. The van der Waals surface area contributed by atoms with Gasteiger partial charge in [-0.2, -0.15) is 0 Å². The monoisotopic (exact) mass is 208 g/mol. The Labute approximate surface area is 95.4 Å². The minimum Gasteiger partial charge on any atom is -0.369 e. The molecule has 0 heterocycles. The van der Waals surface area contributed by atoms with Crippen LogP contribution in [0, 0.1) is 12.3 Å². The molecular weight excluding hydrogens is 196 g/mol. The van der Waals surface area contributed by atoms with Crippen molar-refractivity contribution in [3.8, 4) is 12.3 Å². The van der Waals surface area contributed by atoms with E-state index in [0.717, 1.165) is 0 Å². The molecule has 1 heteroatoms. The van der Waals surface area contributed by atoms with Crippen molar-refractivity contribution in [3.05, 3.63) is 71.8 Å². The van der Waals surface area contributed by atoms with Crippen molar-refractivity contribution in [3.63, 3.8) is 0 Å². The van der Waals surface area contributed by atoms with Crippen LogP contribution in [0.3, 0.4) is 0 Å². The molecule has 16 heavy (non-hydrogen) atoms. The van der Waals surface area contributed by atoms with E-state index < -0.39 is 5.60 Å². The zero-order valence-electron chi connectivity index (χ0n) is 8.80. The van der Waals surface area contributed by atoms with Crippen molar-refractivity contribution in [2.45, 2.75) is 5.60 Å². The SMILES string of the molecule is C#CC(O)(c1ccccc1)c1ccccc1. The first-order valence-corrected chi connectivity index (χ1v) is 5.08. The topological polar surface area (TPSA) is 20.2 Å². The summed E-state index contributed by atoms with van der Waals surface area (Å²) in [6.45, 7) is 0. The van der Waals surface area contributed by atoms with Gasteiger partial charge in [0.15, 0.2) is 5.60 Å². The summed E-state index contributed by atoms with van der Waals surface area (Å²) in [5.74, 6) is 2.47. The number of hydrogen-bond donors (Lipinski definition) is 1. The molecule has 0 spiro atoms. The van der Waals surface area contributed by atoms with Crippen LogP contribution in [0.2, 0.25) is 0 Å². The van der Waals surface area contributed by atoms with Crippen LogP contribution < -0.4 is 0 Å². The average Bonchev–Trinajstić information content (AvgIpc) is 2.40. The Morgan fingerprint density at radius 2 is 1.19 bits per heavy atom. The standard InChI is InChI=1S/C15H12O/c1-2-15(16,13-9-5-3-6-10-13)14-11-7-4-8-12-14/h1,3-12,16H. The van der Waals surface area contributed by atoms with Crippen LogP contribution in [-0.2, 0) is 5.60 Å². The van der Waals surface area contributed by atoms with Gasteiger partial charge in [-0.1, -0.05) is 66.6 Å². The maximum absolute atomic E-state index is 10.5. The van der Waals surface area contributed by atoms with E-state index in [-0.39, 0.29) is 0 Å². The molecule has 0 aliphatic heterocycles. The maximum Gasteiger partial charge on any atom is 0.176 e. The van der Waals surface area contributed by atoms with E-state index in [1.807, 2.05) is 60.7 Å². The normalized spacial score (nSPS) is 10.8. The fourth-order valence-corrected chi connectivity index (χ4v) is 1.69. The van der Waals surface area contributed by atoms with Crippen molar-refractivity contribution in [1.82, 2.24) is 0 Å². The highest BCUT2D eigenvalue weighted by molar-refractivity contribution is 5.43. The molecule has 2 rings (SSSR count). The fourth-order valence-electron chi connectivity index (χ4n) is 1.69. The van der Waals surface area contributed by atoms with Gasteiger partial charge in [0.1, 0.15) is 0 Å². The highest BCUT2D eigenvalue weighted by Gasteiger charge is 2.28. The molecule has 2 aromatic rings. The van der Waals surface area contributed by atoms with E-state index in [1.165, 1.54) is 0 Å². The van der Waals surface area contributed by atoms with E-state index in [9.17, 15) is 5.11 Å². The summed E-state index contributed by atoms with van der Waals surface area (Å²) in [6.07, 6.45) is 5.47. The van der Waals surface area contributed by atoms with Gasteiger partial charge in [0, 0.05) is 11.1 Å². The summed E-state index contributed by atoms with van der Waals surface area (Å²) in [6, 6.07) is 18.5. The first kappa shape index (κ1) is 10.5. The molecule has 0 atom stereocenters. The summed E-state index contributed by atoms with van der Waals surface area (Å²) in [5.41, 5.74) is 0.0788. The first-order chi connectivity index (χ1) is 7.77. The highest BCUT2D eigenvalue weighted by Crippen LogP contribution is 2.28. The molecule has 1 nitrogen and oxygen atoms in total. The van der Waals surface area contributed by atoms with Crippen LogP contribution in [0.5, 0.6) is 0 Å². The van der Waals surface area contributed by atoms with E-state index in [1.54, 1.807) is 0 Å². The minimum absolute atomic E-state index is 0.712. The van der Waals surface area contributed by atoms with Crippen molar-refractivity contribution in [1.29, 1.82) is 0 Å². The molecule has 0 aliphatic carbocycles. The Balaban J connectivity index is 2.55. The van der Waals surface area contributed by atoms with Gasteiger partial charge >= 0.3 is 0 Å². The lowest BCUT2D eigenvalue weighted by Gasteiger charge is -2.23. The molecule has 2 aromatic carbocycles. The van der Waals surface area contributed by atoms with Crippen LogP contribution in [-0.4, -0.2) is 5.11 Å². The number of benzene rings is 2. The predicted molar refractivity (Wildman–Crippen MR) is 64.7 cm³/mol. The molecule has 78 valence electrons. The number of hydrogen-bond acceptors (Lipinski definition) is 1. The summed E-state index contributed by atoms with van der Waals surface area (Å²) in [4.78, 5) is 0. The largest absolute Gasteiger partial charge is 0.369 e. The Morgan fingerprint density at radius 3 is 1.50 bits per heavy atom. The third-order valence-corrected chi connectivity index (χ3v) is 2.59. The Kier molecular flexibility index (Phi) is 2.76. The van der Waals surface area contributed by atoms with Crippen molar-refractivity contribution in [2.75, 3.05) is 0 Å². The summed E-state index contributed by atoms with van der Waals surface area (Å²) >= 11 is 0. The van der Waals surface area contributed by atoms with Crippen molar-refractivity contribution >= 4 is 0 Å². The molecule has 1 N–H and O–H groups in total. The maximum atomic E-state index is 10.5. The van der Waals surface area contributed by atoms with Gasteiger partial charge < -0.3 is 5.11 Å². The second-order valence-corrected chi connectivity index (χ2v) is 3.59. The zero-order chi connectivity index (χ0) is 11.4.